The van der Waals surface area contributed by atoms with E-state index < -0.39 is 32.3 Å². The van der Waals surface area contributed by atoms with E-state index in [2.05, 4.69) is 48.8 Å². The smallest absolute Gasteiger partial charge is 0.312 e. The van der Waals surface area contributed by atoms with E-state index in [0.717, 1.165) is 6.29 Å². The zero-order valence-electron chi connectivity index (χ0n) is 16.5. The minimum Gasteiger partial charge on any atom is -0.410 e. The number of anilines is 1. The number of aromatic nitrogens is 4. The highest BCUT2D eigenvalue weighted by Crippen LogP contribution is 2.44. The first-order chi connectivity index (χ1) is 12.4. The molecule has 0 spiro atoms. The molecule has 8 nitrogen and oxygen atoms in total. The number of carbonyl (C=O) groups excluding carboxylic acids is 1. The van der Waals surface area contributed by atoms with E-state index in [0.29, 0.717) is 11.9 Å². The molecule has 3 atom stereocenters. The van der Waals surface area contributed by atoms with E-state index in [-0.39, 0.29) is 16.5 Å². The molecule has 0 saturated carbocycles. The van der Waals surface area contributed by atoms with E-state index in [4.69, 9.17) is 14.9 Å². The molecule has 1 aliphatic rings. The number of nitrogen functional groups attached to an aromatic ring is 1. The van der Waals surface area contributed by atoms with Crippen LogP contribution in [0.5, 0.6) is 0 Å². The van der Waals surface area contributed by atoms with Crippen LogP contribution >= 0.6 is 0 Å². The highest BCUT2D eigenvalue weighted by atomic mass is 28.4. The molecule has 2 N–H and O–H groups in total. The van der Waals surface area contributed by atoms with Gasteiger partial charge in [-0.3, -0.25) is 4.57 Å². The van der Waals surface area contributed by atoms with Crippen molar-refractivity contribution in [2.24, 2.45) is 0 Å². The summed E-state index contributed by atoms with van der Waals surface area (Å²) in [7, 11) is -2.13. The van der Waals surface area contributed by atoms with Crippen LogP contribution in [0.25, 0.3) is 11.2 Å². The third kappa shape index (κ3) is 3.37. The first-order valence-corrected chi connectivity index (χ1v) is 11.8. The number of hydrogen-bond acceptors (Lipinski definition) is 7. The Bertz CT molecular complexity index is 881. The van der Waals surface area contributed by atoms with Crippen LogP contribution in [0.3, 0.4) is 0 Å². The van der Waals surface area contributed by atoms with Gasteiger partial charge in [0.25, 0.3) is 0 Å². The average Bonchev–Trinajstić information content (AvgIpc) is 3.08. The van der Waals surface area contributed by atoms with Crippen molar-refractivity contribution < 1.29 is 18.3 Å². The Morgan fingerprint density at radius 1 is 1.44 bits per heavy atom. The van der Waals surface area contributed by atoms with Gasteiger partial charge in [-0.05, 0) is 25.1 Å². The predicted octanol–water partition coefficient (Wildman–Crippen LogP) is 2.81. The number of ether oxygens (including phenoxy) is 1. The molecule has 1 unspecified atom stereocenters. The molecule has 3 heterocycles. The van der Waals surface area contributed by atoms with Crippen LogP contribution < -0.4 is 5.73 Å². The molecule has 2 aromatic heterocycles. The standard InChI is InChI=1S/C17H26FN5O3Si/c1-16(2,3)27(5,6)26-10-7-11(25-17(10,4)8-24)23-9-20-12-13(19)21-15(18)22-14(12)23/h8-11H,7H2,1-6H3,(H2,19,21,22)/t10?,11-,17-/m1/s1. The molecule has 148 valence electrons. The average molecular weight is 396 g/mol. The zero-order chi connectivity index (χ0) is 20.2. The van der Waals surface area contributed by atoms with Crippen LogP contribution in [-0.2, 0) is 14.0 Å². The summed E-state index contributed by atoms with van der Waals surface area (Å²) < 4.78 is 27.7. The number of imidazole rings is 1. The Balaban J connectivity index is 1.95. The fourth-order valence-corrected chi connectivity index (χ4v) is 4.32. The van der Waals surface area contributed by atoms with E-state index in [1.165, 1.54) is 6.33 Å². The van der Waals surface area contributed by atoms with Gasteiger partial charge in [-0.15, -0.1) is 0 Å². The van der Waals surface area contributed by atoms with Crippen LogP contribution in [0.4, 0.5) is 10.2 Å². The molecule has 0 amide bonds. The molecule has 2 aromatic rings. The van der Waals surface area contributed by atoms with Crippen LogP contribution in [0.1, 0.15) is 40.3 Å². The summed E-state index contributed by atoms with van der Waals surface area (Å²) in [4.78, 5) is 23.3. The highest BCUT2D eigenvalue weighted by molar-refractivity contribution is 6.74. The van der Waals surface area contributed by atoms with Crippen LogP contribution in [0.2, 0.25) is 18.1 Å². The second-order valence-electron chi connectivity index (χ2n) is 8.68. The van der Waals surface area contributed by atoms with Gasteiger partial charge in [0.05, 0.1) is 12.4 Å². The summed E-state index contributed by atoms with van der Waals surface area (Å²) in [5.74, 6) is -0.0403. The van der Waals surface area contributed by atoms with E-state index in [1.807, 2.05) is 0 Å². The second-order valence-corrected chi connectivity index (χ2v) is 13.4. The van der Waals surface area contributed by atoms with E-state index in [9.17, 15) is 9.18 Å². The Morgan fingerprint density at radius 3 is 2.70 bits per heavy atom. The monoisotopic (exact) mass is 395 g/mol. The minimum atomic E-state index is -2.13. The Morgan fingerprint density at radius 2 is 2.11 bits per heavy atom. The second kappa shape index (κ2) is 6.32. The van der Waals surface area contributed by atoms with Crippen molar-refractivity contribution in [2.45, 2.75) is 70.2 Å². The lowest BCUT2D eigenvalue weighted by atomic mass is 10.0. The maximum atomic E-state index is 13.6. The molecular formula is C17H26FN5O3Si. The number of aldehydes is 1. The largest absolute Gasteiger partial charge is 0.410 e. The first-order valence-electron chi connectivity index (χ1n) is 8.85. The van der Waals surface area contributed by atoms with Gasteiger partial charge in [0.1, 0.15) is 11.8 Å². The summed E-state index contributed by atoms with van der Waals surface area (Å²) in [5, 5.41) is -0.0125. The summed E-state index contributed by atoms with van der Waals surface area (Å²) in [5.41, 5.74) is 5.13. The third-order valence-corrected chi connectivity index (χ3v) is 10.1. The fourth-order valence-electron chi connectivity index (χ4n) is 2.93. The van der Waals surface area contributed by atoms with E-state index in [1.54, 1.807) is 11.5 Å². The predicted molar refractivity (Wildman–Crippen MR) is 101 cm³/mol. The lowest BCUT2D eigenvalue weighted by Crippen LogP contribution is -2.50. The summed E-state index contributed by atoms with van der Waals surface area (Å²) in [6.07, 6.45) is 0.717. The SMILES string of the molecule is CC(C)(C)[Si](C)(C)OC1C[C@H](n2cnc3c(N)nc(F)nc32)O[C@]1(C)C=O. The molecular weight excluding hydrogens is 369 g/mol. The molecule has 10 heteroatoms. The van der Waals surface area contributed by atoms with E-state index >= 15 is 0 Å². The number of hydrogen-bond donors (Lipinski definition) is 1. The molecule has 1 saturated heterocycles. The molecule has 1 fully saturated rings. The van der Waals surface area contributed by atoms with Crippen molar-refractivity contribution in [3.63, 3.8) is 0 Å². The van der Waals surface area contributed by atoms with Crippen LogP contribution in [0.15, 0.2) is 6.33 Å². The molecule has 0 aromatic carbocycles. The fraction of sp³-hybridized carbons (Fsp3) is 0.647. The molecule has 0 bridgehead atoms. The van der Waals surface area contributed by atoms with Gasteiger partial charge in [-0.25, -0.2) is 4.98 Å². The highest BCUT2D eigenvalue weighted by Gasteiger charge is 2.51. The van der Waals surface area contributed by atoms with Crippen LogP contribution in [0, 0.1) is 6.08 Å². The number of nitrogens with two attached hydrogens (primary N) is 1. The molecule has 0 aliphatic carbocycles. The number of fused-ring (bicyclic) bond motifs is 1. The summed E-state index contributed by atoms with van der Waals surface area (Å²) in [6, 6.07) is 0. The van der Waals surface area contributed by atoms with Gasteiger partial charge in [-0.2, -0.15) is 14.4 Å². The third-order valence-electron chi connectivity index (χ3n) is 5.65. The van der Waals surface area contributed by atoms with Gasteiger partial charge in [0.15, 0.2) is 31.6 Å². The molecule has 3 rings (SSSR count). The quantitative estimate of drug-likeness (QED) is 0.482. The van der Waals surface area contributed by atoms with Crippen molar-refractivity contribution in [3.05, 3.63) is 12.4 Å². The van der Waals surface area contributed by atoms with Crippen molar-refractivity contribution >= 4 is 31.6 Å². The van der Waals surface area contributed by atoms with Crippen molar-refractivity contribution in [3.8, 4) is 0 Å². The van der Waals surface area contributed by atoms with Crippen molar-refractivity contribution in [1.82, 2.24) is 19.5 Å². The number of nitrogens with zero attached hydrogens (tertiary/aromatic N) is 4. The lowest BCUT2D eigenvalue weighted by molar-refractivity contribution is -0.138. The van der Waals surface area contributed by atoms with Gasteiger partial charge < -0.3 is 19.7 Å². The van der Waals surface area contributed by atoms with Gasteiger partial charge in [0.2, 0.25) is 0 Å². The zero-order valence-corrected chi connectivity index (χ0v) is 17.5. The number of rotatable bonds is 4. The Hall–Kier alpha value is -1.91. The lowest BCUT2D eigenvalue weighted by Gasteiger charge is -2.40. The first kappa shape index (κ1) is 19.8. The maximum absolute atomic E-state index is 13.6. The van der Waals surface area contributed by atoms with Gasteiger partial charge in [0, 0.05) is 6.42 Å². The Kier molecular flexibility index (Phi) is 4.64. The Labute approximate surface area is 158 Å². The maximum Gasteiger partial charge on any atom is 0.312 e. The number of halogens is 1. The molecule has 1 aliphatic heterocycles. The minimum absolute atomic E-state index is 0.0125. The molecule has 0 radical (unpaired) electrons. The summed E-state index contributed by atoms with van der Waals surface area (Å²) in [6.45, 7) is 12.4. The van der Waals surface area contributed by atoms with Gasteiger partial charge in [-0.1, -0.05) is 20.8 Å². The number of carbonyl (C=O) groups is 1. The van der Waals surface area contributed by atoms with Gasteiger partial charge >= 0.3 is 6.08 Å². The van der Waals surface area contributed by atoms with Crippen molar-refractivity contribution in [2.75, 3.05) is 5.73 Å². The normalized spacial score (nSPS) is 26.6. The van der Waals surface area contributed by atoms with Crippen molar-refractivity contribution in [1.29, 1.82) is 0 Å². The molecule has 27 heavy (non-hydrogen) atoms. The van der Waals surface area contributed by atoms with Crippen LogP contribution in [-0.4, -0.2) is 45.8 Å². The topological polar surface area (TPSA) is 105 Å². The summed E-state index contributed by atoms with van der Waals surface area (Å²) >= 11 is 0.